The first-order valence-corrected chi connectivity index (χ1v) is 24.4. The van der Waals surface area contributed by atoms with Gasteiger partial charge in [0.2, 0.25) is 5.89 Å². The normalized spacial score (nSPS) is 12.2. The molecule has 0 bridgehead atoms. The van der Waals surface area contributed by atoms with Gasteiger partial charge in [0.25, 0.3) is 0 Å². The maximum absolute atomic E-state index is 6.35. The molecule has 16 rings (SSSR count). The van der Waals surface area contributed by atoms with Gasteiger partial charge in [0.15, 0.2) is 11.4 Å². The zero-order chi connectivity index (χ0) is 47.0. The van der Waals surface area contributed by atoms with Gasteiger partial charge in [0.1, 0.15) is 16.9 Å². The molecule has 0 amide bonds. The first kappa shape index (κ1) is 39.2. The minimum absolute atomic E-state index is 0.572. The minimum atomic E-state index is 0.572. The van der Waals surface area contributed by atoms with Crippen molar-refractivity contribution in [3.8, 4) is 67.7 Å². The van der Waals surface area contributed by atoms with E-state index in [9.17, 15) is 0 Å². The van der Waals surface area contributed by atoms with Crippen LogP contribution in [0.15, 0.2) is 233 Å². The third-order valence-corrected chi connectivity index (χ3v) is 15.0. The first-order valence-electron chi connectivity index (χ1n) is 24.4. The lowest BCUT2D eigenvalue weighted by molar-refractivity contribution is 0.620. The SMILES string of the molecule is c1ccc2oc(-c3ccc(-c4nc(-c5ccc(-c6nc7ccccc7o6)cc5)nc5c(-c6ccc7ccc8cccc9ccc6c7c89)cc(-c6ccc7ccc8cccc9ccc6c7c89)cc45)cc3)cc2c1. The van der Waals surface area contributed by atoms with Crippen LogP contribution in [0.3, 0.4) is 0 Å². The molecule has 5 nitrogen and oxygen atoms in total. The summed E-state index contributed by atoms with van der Waals surface area (Å²) < 4.78 is 12.5. The number of hydrogen-bond donors (Lipinski definition) is 0. The molecule has 0 fully saturated rings. The Morgan fingerprint density at radius 3 is 1.51 bits per heavy atom. The topological polar surface area (TPSA) is 65.0 Å². The Morgan fingerprint density at radius 2 is 0.833 bits per heavy atom. The maximum Gasteiger partial charge on any atom is 0.227 e. The highest BCUT2D eigenvalue weighted by Gasteiger charge is 2.22. The Kier molecular flexibility index (Phi) is 8.10. The van der Waals surface area contributed by atoms with Gasteiger partial charge in [-0.15, -0.1) is 0 Å². The van der Waals surface area contributed by atoms with Crippen molar-refractivity contribution in [2.45, 2.75) is 0 Å². The number of para-hydroxylation sites is 3. The fraction of sp³-hybridized carbons (Fsp3) is 0. The zero-order valence-electron chi connectivity index (χ0n) is 38.5. The molecule has 0 aliphatic rings. The summed E-state index contributed by atoms with van der Waals surface area (Å²) >= 11 is 0. The summed E-state index contributed by atoms with van der Waals surface area (Å²) in [5.74, 6) is 2.02. The predicted octanol–water partition coefficient (Wildman–Crippen LogP) is 18.3. The van der Waals surface area contributed by atoms with Crippen molar-refractivity contribution in [3.05, 3.63) is 224 Å². The second-order valence-electron chi connectivity index (χ2n) is 19.0. The summed E-state index contributed by atoms with van der Waals surface area (Å²) in [5, 5.41) is 16.9. The van der Waals surface area contributed by atoms with E-state index in [0.29, 0.717) is 11.7 Å². The molecule has 0 atom stereocenters. The third kappa shape index (κ3) is 5.85. The van der Waals surface area contributed by atoms with Crippen molar-refractivity contribution >= 4 is 97.6 Å². The number of rotatable bonds is 6. The van der Waals surface area contributed by atoms with Gasteiger partial charge >= 0.3 is 0 Å². The fourth-order valence-corrected chi connectivity index (χ4v) is 11.6. The second-order valence-corrected chi connectivity index (χ2v) is 19.0. The first-order chi connectivity index (χ1) is 35.6. The standard InChI is InChI=1S/C67H37N3O2/c1-3-13-57-48(7-1)37-59(71-57)38-15-21-45(22-16-38)64-55-36-49(50-31-27-43-19-17-39-8-5-10-41-29-33-52(50)62(43)60(39)41)35-54(51-32-28-44-20-18-40-9-6-11-42-30-34-53(51)63(44)61(40)42)65(55)70-66(69-64)46-23-25-47(26-24-46)67-68-56-12-2-4-14-58(56)72-67/h1-37H. The highest BCUT2D eigenvalue weighted by atomic mass is 16.3. The van der Waals surface area contributed by atoms with Gasteiger partial charge in [-0.25, -0.2) is 15.0 Å². The summed E-state index contributed by atoms with van der Waals surface area (Å²) in [5.41, 5.74) is 12.3. The molecule has 72 heavy (non-hydrogen) atoms. The summed E-state index contributed by atoms with van der Waals surface area (Å²) in [6, 6.07) is 80.2. The number of aromatic nitrogens is 3. The molecule has 0 radical (unpaired) electrons. The quantitative estimate of drug-likeness (QED) is 0.156. The Hall–Kier alpha value is -9.71. The van der Waals surface area contributed by atoms with Gasteiger partial charge in [0, 0.05) is 38.6 Å². The van der Waals surface area contributed by atoms with Crippen LogP contribution in [0, 0.1) is 0 Å². The number of benzene rings is 13. The largest absolute Gasteiger partial charge is 0.456 e. The Labute approximate surface area is 411 Å². The van der Waals surface area contributed by atoms with Gasteiger partial charge < -0.3 is 8.83 Å². The number of oxazole rings is 1. The lowest BCUT2D eigenvalue weighted by Crippen LogP contribution is -1.99. The molecular formula is C67H37N3O2. The number of nitrogens with zero attached hydrogens (tertiary/aromatic N) is 3. The van der Waals surface area contributed by atoms with Crippen molar-refractivity contribution in [1.29, 1.82) is 0 Å². The van der Waals surface area contributed by atoms with E-state index in [0.717, 1.165) is 88.9 Å². The van der Waals surface area contributed by atoms with Crippen molar-refractivity contribution in [3.63, 3.8) is 0 Å². The van der Waals surface area contributed by atoms with Crippen molar-refractivity contribution in [2.24, 2.45) is 0 Å². The second kappa shape index (κ2) is 14.9. The van der Waals surface area contributed by atoms with Crippen molar-refractivity contribution in [1.82, 2.24) is 15.0 Å². The number of hydrogen-bond acceptors (Lipinski definition) is 5. The molecule has 5 heteroatoms. The summed E-state index contributed by atoms with van der Waals surface area (Å²) in [4.78, 5) is 16.0. The van der Waals surface area contributed by atoms with Gasteiger partial charge in [-0.1, -0.05) is 176 Å². The molecule has 0 aliphatic carbocycles. The number of furan rings is 1. The molecular weight excluding hydrogens is 879 g/mol. The molecule has 0 unspecified atom stereocenters. The van der Waals surface area contributed by atoms with Gasteiger partial charge in [-0.05, 0) is 130 Å². The van der Waals surface area contributed by atoms with E-state index in [1.807, 2.05) is 54.6 Å². The van der Waals surface area contributed by atoms with E-state index < -0.39 is 0 Å². The Bertz CT molecular complexity index is 4760. The lowest BCUT2D eigenvalue weighted by atomic mass is 9.86. The summed E-state index contributed by atoms with van der Waals surface area (Å²) in [7, 11) is 0. The molecule has 16 aromatic rings. The van der Waals surface area contributed by atoms with Crippen LogP contribution in [0.25, 0.3) is 165 Å². The van der Waals surface area contributed by atoms with E-state index >= 15 is 0 Å². The maximum atomic E-state index is 6.35. The molecule has 0 saturated carbocycles. The number of fused-ring (bicyclic) bond motifs is 3. The Morgan fingerprint density at radius 1 is 0.292 bits per heavy atom. The molecule has 0 saturated heterocycles. The third-order valence-electron chi connectivity index (χ3n) is 15.0. The molecule has 13 aromatic carbocycles. The van der Waals surface area contributed by atoms with Crippen molar-refractivity contribution in [2.75, 3.05) is 0 Å². The lowest BCUT2D eigenvalue weighted by Gasteiger charge is -2.19. The molecule has 3 heterocycles. The van der Waals surface area contributed by atoms with Crippen LogP contribution in [0.5, 0.6) is 0 Å². The van der Waals surface area contributed by atoms with Crippen LogP contribution < -0.4 is 0 Å². The van der Waals surface area contributed by atoms with Crippen LogP contribution in [0.2, 0.25) is 0 Å². The molecule has 3 aromatic heterocycles. The van der Waals surface area contributed by atoms with Crippen molar-refractivity contribution < 1.29 is 8.83 Å². The molecule has 0 spiro atoms. The van der Waals surface area contributed by atoms with Crippen LogP contribution >= 0.6 is 0 Å². The van der Waals surface area contributed by atoms with Crippen LogP contribution in [0.1, 0.15) is 0 Å². The van der Waals surface area contributed by atoms with Gasteiger partial charge in [-0.2, -0.15) is 0 Å². The molecule has 332 valence electrons. The van der Waals surface area contributed by atoms with E-state index in [1.165, 1.54) is 64.6 Å². The average molecular weight is 916 g/mol. The predicted molar refractivity (Wildman–Crippen MR) is 297 cm³/mol. The van der Waals surface area contributed by atoms with E-state index in [-0.39, 0.29) is 0 Å². The van der Waals surface area contributed by atoms with Gasteiger partial charge in [-0.3, -0.25) is 0 Å². The summed E-state index contributed by atoms with van der Waals surface area (Å²) in [6.45, 7) is 0. The smallest absolute Gasteiger partial charge is 0.227 e. The fourth-order valence-electron chi connectivity index (χ4n) is 11.6. The highest BCUT2D eigenvalue weighted by molar-refractivity contribution is 6.28. The summed E-state index contributed by atoms with van der Waals surface area (Å²) in [6.07, 6.45) is 0. The van der Waals surface area contributed by atoms with E-state index in [4.69, 9.17) is 23.8 Å². The zero-order valence-corrected chi connectivity index (χ0v) is 38.5. The van der Waals surface area contributed by atoms with E-state index in [1.54, 1.807) is 0 Å². The highest BCUT2D eigenvalue weighted by Crippen LogP contribution is 2.46. The van der Waals surface area contributed by atoms with Gasteiger partial charge in [0.05, 0.1) is 11.2 Å². The monoisotopic (exact) mass is 915 g/mol. The van der Waals surface area contributed by atoms with Crippen LogP contribution in [0.4, 0.5) is 0 Å². The molecule has 0 N–H and O–H groups in total. The van der Waals surface area contributed by atoms with Crippen LogP contribution in [-0.2, 0) is 0 Å². The average Bonchev–Trinajstić information content (AvgIpc) is 4.09. The van der Waals surface area contributed by atoms with Crippen LogP contribution in [-0.4, -0.2) is 15.0 Å². The minimum Gasteiger partial charge on any atom is -0.456 e. The van der Waals surface area contributed by atoms with E-state index in [2.05, 4.69) is 170 Å². The molecule has 0 aliphatic heterocycles. The Balaban J connectivity index is 0.977.